The molecule has 3 rings (SSSR count). The first-order valence-corrected chi connectivity index (χ1v) is 10.3. The Morgan fingerprint density at radius 3 is 2.50 bits per heavy atom. The van der Waals surface area contributed by atoms with Crippen LogP contribution in [0.3, 0.4) is 0 Å². The number of carbonyl (C=O) groups is 1. The van der Waals surface area contributed by atoms with Crippen LogP contribution < -0.4 is 0 Å². The van der Waals surface area contributed by atoms with Crippen LogP contribution in [0.4, 0.5) is 4.39 Å². The van der Waals surface area contributed by atoms with E-state index in [1.165, 1.54) is 12.1 Å². The molecule has 3 aromatic rings. The van der Waals surface area contributed by atoms with Crippen LogP contribution in [0.25, 0.3) is 5.69 Å². The predicted molar refractivity (Wildman–Crippen MR) is 116 cm³/mol. The average Bonchev–Trinajstić information content (AvgIpc) is 3.07. The number of hydrogen-bond donors (Lipinski definition) is 0. The highest BCUT2D eigenvalue weighted by molar-refractivity contribution is 6.32. The molecule has 158 valence electrons. The minimum Gasteiger partial charge on any atom is -0.462 e. The fourth-order valence-corrected chi connectivity index (χ4v) is 3.70. The lowest BCUT2D eigenvalue weighted by molar-refractivity contribution is 0.0332. The van der Waals surface area contributed by atoms with Gasteiger partial charge in [0.25, 0.3) is 0 Å². The summed E-state index contributed by atoms with van der Waals surface area (Å²) in [6.45, 7) is 6.30. The summed E-state index contributed by atoms with van der Waals surface area (Å²) in [4.78, 5) is 12.5. The smallest absolute Gasteiger partial charge is 0.339 e. The van der Waals surface area contributed by atoms with Crippen molar-refractivity contribution < 1.29 is 18.7 Å². The van der Waals surface area contributed by atoms with Gasteiger partial charge in [0, 0.05) is 5.69 Å². The van der Waals surface area contributed by atoms with Crippen LogP contribution in [0.1, 0.15) is 53.7 Å². The van der Waals surface area contributed by atoms with Crippen LogP contribution >= 0.6 is 11.6 Å². The van der Waals surface area contributed by atoms with Crippen molar-refractivity contribution in [3.05, 3.63) is 88.0 Å². The fraction of sp³-hybridized carbons (Fsp3) is 0.292. The minimum atomic E-state index is -0.423. The van der Waals surface area contributed by atoms with E-state index >= 15 is 0 Å². The quantitative estimate of drug-likeness (QED) is 0.388. The van der Waals surface area contributed by atoms with Crippen molar-refractivity contribution in [3.63, 3.8) is 0 Å². The van der Waals surface area contributed by atoms with E-state index in [9.17, 15) is 9.18 Å². The summed E-state index contributed by atoms with van der Waals surface area (Å²) >= 11 is 6.36. The molecule has 0 aliphatic rings. The highest BCUT2D eigenvalue weighted by Crippen LogP contribution is 2.33. The normalized spacial score (nSPS) is 12.0. The van der Waals surface area contributed by atoms with Crippen LogP contribution in [0.2, 0.25) is 5.02 Å². The molecule has 1 heterocycles. The van der Waals surface area contributed by atoms with E-state index in [0.29, 0.717) is 30.0 Å². The van der Waals surface area contributed by atoms with E-state index in [1.807, 2.05) is 48.7 Å². The summed E-state index contributed by atoms with van der Waals surface area (Å²) in [5, 5.41) is 0.253. The van der Waals surface area contributed by atoms with Crippen molar-refractivity contribution in [1.82, 2.24) is 4.57 Å². The van der Waals surface area contributed by atoms with Gasteiger partial charge in [0.1, 0.15) is 5.82 Å². The Morgan fingerprint density at radius 1 is 1.13 bits per heavy atom. The summed E-state index contributed by atoms with van der Waals surface area (Å²) in [6, 6.07) is 15.9. The van der Waals surface area contributed by atoms with E-state index in [1.54, 1.807) is 19.1 Å². The van der Waals surface area contributed by atoms with Crippen molar-refractivity contribution in [2.75, 3.05) is 6.61 Å². The maximum atomic E-state index is 13.6. The number of carbonyl (C=O) groups excluding carboxylic acids is 1. The van der Waals surface area contributed by atoms with Crippen molar-refractivity contribution >= 4 is 17.6 Å². The van der Waals surface area contributed by atoms with Gasteiger partial charge < -0.3 is 14.0 Å². The van der Waals surface area contributed by atoms with E-state index < -0.39 is 11.8 Å². The fourth-order valence-electron chi connectivity index (χ4n) is 3.45. The van der Waals surface area contributed by atoms with Gasteiger partial charge in [-0.1, -0.05) is 48.9 Å². The lowest BCUT2D eigenvalue weighted by Gasteiger charge is -2.21. The molecule has 1 atom stereocenters. The Kier molecular flexibility index (Phi) is 7.29. The first-order chi connectivity index (χ1) is 14.5. The lowest BCUT2D eigenvalue weighted by Crippen LogP contribution is -2.11. The van der Waals surface area contributed by atoms with Gasteiger partial charge >= 0.3 is 5.97 Å². The van der Waals surface area contributed by atoms with Crippen molar-refractivity contribution in [2.45, 2.75) is 39.9 Å². The van der Waals surface area contributed by atoms with Crippen LogP contribution in [0.15, 0.2) is 54.6 Å². The molecule has 2 aromatic carbocycles. The number of ether oxygens (including phenoxy) is 2. The van der Waals surface area contributed by atoms with Gasteiger partial charge in [-0.05, 0) is 50.1 Å². The number of esters is 1. The van der Waals surface area contributed by atoms with Crippen LogP contribution in [0.5, 0.6) is 0 Å². The van der Waals surface area contributed by atoms with Crippen LogP contribution in [0, 0.1) is 12.7 Å². The molecule has 0 amide bonds. The maximum Gasteiger partial charge on any atom is 0.339 e. The van der Waals surface area contributed by atoms with Gasteiger partial charge in [-0.25, -0.2) is 9.18 Å². The molecule has 0 fully saturated rings. The number of halogens is 2. The van der Waals surface area contributed by atoms with Crippen molar-refractivity contribution in [1.29, 1.82) is 0 Å². The highest BCUT2D eigenvalue weighted by atomic mass is 35.5. The standard InChI is InChI=1S/C24H25ClFNO3/c1-4-23(30-15-17-9-7-6-8-10-17)22-14-19(24(28)29-5-2)16(3)27(22)21-12-11-18(26)13-20(21)25/h6-14,23H,4-5,15H2,1-3H3/t23-/m0/s1. The molecule has 0 saturated carbocycles. The second-order valence-corrected chi connectivity index (χ2v) is 7.32. The molecule has 0 aliphatic carbocycles. The van der Waals surface area contributed by atoms with Crippen molar-refractivity contribution in [3.8, 4) is 5.69 Å². The zero-order valence-electron chi connectivity index (χ0n) is 17.3. The van der Waals surface area contributed by atoms with Gasteiger partial charge in [-0.3, -0.25) is 0 Å². The summed E-state index contributed by atoms with van der Waals surface area (Å²) in [5.41, 5.74) is 3.51. The first-order valence-electron chi connectivity index (χ1n) is 9.96. The van der Waals surface area contributed by atoms with Gasteiger partial charge in [-0.15, -0.1) is 0 Å². The van der Waals surface area contributed by atoms with Crippen LogP contribution in [-0.2, 0) is 16.1 Å². The van der Waals surface area contributed by atoms with Gasteiger partial charge in [-0.2, -0.15) is 0 Å². The molecule has 1 aromatic heterocycles. The molecule has 0 spiro atoms. The number of rotatable bonds is 8. The topological polar surface area (TPSA) is 40.5 Å². The Hall–Kier alpha value is -2.63. The van der Waals surface area contributed by atoms with E-state index in [2.05, 4.69) is 0 Å². The Balaban J connectivity index is 2.06. The molecule has 0 saturated heterocycles. The number of benzene rings is 2. The molecule has 0 unspecified atom stereocenters. The lowest BCUT2D eigenvalue weighted by atomic mass is 10.1. The van der Waals surface area contributed by atoms with E-state index in [4.69, 9.17) is 21.1 Å². The minimum absolute atomic E-state index is 0.253. The molecule has 0 aliphatic heterocycles. The third kappa shape index (κ3) is 4.74. The third-order valence-electron chi connectivity index (χ3n) is 4.92. The molecular weight excluding hydrogens is 405 g/mol. The zero-order chi connectivity index (χ0) is 21.7. The molecule has 4 nitrogen and oxygen atoms in total. The molecular formula is C24H25ClFNO3. The maximum absolute atomic E-state index is 13.6. The highest BCUT2D eigenvalue weighted by Gasteiger charge is 2.25. The Labute approximate surface area is 181 Å². The SMILES string of the molecule is CCOC(=O)c1cc([C@H](CC)OCc2ccccc2)n(-c2ccc(F)cc2Cl)c1C. The summed E-state index contributed by atoms with van der Waals surface area (Å²) in [7, 11) is 0. The molecule has 30 heavy (non-hydrogen) atoms. The van der Waals surface area contributed by atoms with E-state index in [0.717, 1.165) is 11.3 Å². The van der Waals surface area contributed by atoms with Crippen molar-refractivity contribution in [2.24, 2.45) is 0 Å². The molecule has 0 bridgehead atoms. The summed E-state index contributed by atoms with van der Waals surface area (Å²) in [6.07, 6.45) is 0.380. The van der Waals surface area contributed by atoms with Gasteiger partial charge in [0.2, 0.25) is 0 Å². The van der Waals surface area contributed by atoms with E-state index in [-0.39, 0.29) is 17.7 Å². The summed E-state index contributed by atoms with van der Waals surface area (Å²) in [5.74, 6) is -0.834. The Bertz CT molecular complexity index is 1020. The van der Waals surface area contributed by atoms with Gasteiger partial charge in [0.15, 0.2) is 0 Å². The number of aromatic nitrogens is 1. The molecule has 0 radical (unpaired) electrons. The van der Waals surface area contributed by atoms with Crippen LogP contribution in [-0.4, -0.2) is 17.1 Å². The molecule has 6 heteroatoms. The average molecular weight is 430 g/mol. The van der Waals surface area contributed by atoms with Gasteiger partial charge in [0.05, 0.1) is 41.3 Å². The monoisotopic (exact) mass is 429 g/mol. The molecule has 0 N–H and O–H groups in total. The first kappa shape index (κ1) is 22.1. The number of hydrogen-bond acceptors (Lipinski definition) is 3. The largest absolute Gasteiger partial charge is 0.462 e. The Morgan fingerprint density at radius 2 is 1.87 bits per heavy atom. The second kappa shape index (κ2) is 9.92. The predicted octanol–water partition coefficient (Wildman–Crippen LogP) is 6.42. The third-order valence-corrected chi connectivity index (χ3v) is 5.22. The summed E-state index contributed by atoms with van der Waals surface area (Å²) < 4.78 is 26.9. The zero-order valence-corrected chi connectivity index (χ0v) is 18.1. The second-order valence-electron chi connectivity index (χ2n) is 6.91. The number of nitrogens with zero attached hydrogens (tertiary/aromatic N) is 1.